The molecule has 1 saturated heterocycles. The third kappa shape index (κ3) is 3.19. The second-order valence-electron chi connectivity index (χ2n) is 3.42. The highest BCUT2D eigenvalue weighted by Crippen LogP contribution is 2.23. The minimum Gasteiger partial charge on any atom is -0.462 e. The largest absolute Gasteiger partial charge is 0.462 e. The topological polar surface area (TPSA) is 38.8 Å². The molecule has 0 bridgehead atoms. The molecule has 1 fully saturated rings. The monoisotopic (exact) mass is 184 g/mol. The molecule has 13 heavy (non-hydrogen) atoms. The summed E-state index contributed by atoms with van der Waals surface area (Å²) in [5.41, 5.74) is 0.451. The molecule has 0 saturated carbocycles. The minimum absolute atomic E-state index is 0.306. The SMILES string of the molecule is C=C(C)C(=O)OCC(CC)C1CO1. The lowest BCUT2D eigenvalue weighted by atomic mass is 10.0. The first-order valence-corrected chi connectivity index (χ1v) is 4.59. The van der Waals surface area contributed by atoms with Crippen molar-refractivity contribution in [3.05, 3.63) is 12.2 Å². The molecule has 0 aromatic heterocycles. The van der Waals surface area contributed by atoms with Crippen LogP contribution >= 0.6 is 0 Å². The molecule has 0 spiro atoms. The highest BCUT2D eigenvalue weighted by molar-refractivity contribution is 5.86. The molecule has 74 valence electrons. The molecular weight excluding hydrogens is 168 g/mol. The van der Waals surface area contributed by atoms with Crippen molar-refractivity contribution in [3.8, 4) is 0 Å². The Kier molecular flexibility index (Phi) is 3.48. The van der Waals surface area contributed by atoms with Crippen LogP contribution in [0.25, 0.3) is 0 Å². The van der Waals surface area contributed by atoms with Crippen LogP contribution in [0.15, 0.2) is 12.2 Å². The number of hydrogen-bond acceptors (Lipinski definition) is 3. The summed E-state index contributed by atoms with van der Waals surface area (Å²) in [6, 6.07) is 0. The highest BCUT2D eigenvalue weighted by Gasteiger charge is 2.32. The predicted molar refractivity (Wildman–Crippen MR) is 49.3 cm³/mol. The molecule has 2 atom stereocenters. The van der Waals surface area contributed by atoms with E-state index >= 15 is 0 Å². The molecule has 1 heterocycles. The quantitative estimate of drug-likeness (QED) is 0.369. The Morgan fingerprint density at radius 1 is 1.77 bits per heavy atom. The van der Waals surface area contributed by atoms with Crippen LogP contribution in [0, 0.1) is 5.92 Å². The first-order valence-electron chi connectivity index (χ1n) is 4.59. The van der Waals surface area contributed by atoms with Gasteiger partial charge in [0.25, 0.3) is 0 Å². The maximum Gasteiger partial charge on any atom is 0.333 e. The Labute approximate surface area is 78.7 Å². The van der Waals surface area contributed by atoms with Gasteiger partial charge in [-0.05, 0) is 13.3 Å². The molecular formula is C10H16O3. The fourth-order valence-corrected chi connectivity index (χ4v) is 1.12. The van der Waals surface area contributed by atoms with Crippen LogP contribution in [-0.2, 0) is 14.3 Å². The highest BCUT2D eigenvalue weighted by atomic mass is 16.6. The average molecular weight is 184 g/mol. The van der Waals surface area contributed by atoms with E-state index in [0.717, 1.165) is 13.0 Å². The maximum atomic E-state index is 11.0. The van der Waals surface area contributed by atoms with E-state index in [4.69, 9.17) is 9.47 Å². The second kappa shape index (κ2) is 4.42. The minimum atomic E-state index is -0.306. The van der Waals surface area contributed by atoms with Crippen molar-refractivity contribution in [2.75, 3.05) is 13.2 Å². The predicted octanol–water partition coefficient (Wildman–Crippen LogP) is 1.53. The Morgan fingerprint density at radius 2 is 2.38 bits per heavy atom. The molecule has 1 aliphatic heterocycles. The van der Waals surface area contributed by atoms with Crippen LogP contribution in [0.1, 0.15) is 20.3 Å². The summed E-state index contributed by atoms with van der Waals surface area (Å²) in [6.45, 7) is 8.49. The van der Waals surface area contributed by atoms with E-state index in [-0.39, 0.29) is 5.97 Å². The number of hydrogen-bond donors (Lipinski definition) is 0. The number of epoxide rings is 1. The number of carbonyl (C=O) groups is 1. The van der Waals surface area contributed by atoms with Crippen molar-refractivity contribution in [1.82, 2.24) is 0 Å². The van der Waals surface area contributed by atoms with E-state index in [0.29, 0.717) is 24.2 Å². The molecule has 1 aliphatic rings. The Bertz CT molecular complexity index is 206. The zero-order chi connectivity index (χ0) is 9.84. The average Bonchev–Trinajstić information content (AvgIpc) is 2.88. The van der Waals surface area contributed by atoms with Crippen LogP contribution in [0.3, 0.4) is 0 Å². The second-order valence-corrected chi connectivity index (χ2v) is 3.42. The van der Waals surface area contributed by atoms with E-state index in [1.807, 2.05) is 0 Å². The van der Waals surface area contributed by atoms with E-state index in [2.05, 4.69) is 13.5 Å². The number of rotatable bonds is 5. The van der Waals surface area contributed by atoms with Gasteiger partial charge in [0.1, 0.15) is 0 Å². The van der Waals surface area contributed by atoms with Gasteiger partial charge in [0.05, 0.1) is 19.3 Å². The molecule has 0 aromatic rings. The molecule has 3 nitrogen and oxygen atoms in total. The van der Waals surface area contributed by atoms with Gasteiger partial charge in [-0.1, -0.05) is 13.5 Å². The van der Waals surface area contributed by atoms with E-state index in [1.165, 1.54) is 0 Å². The van der Waals surface area contributed by atoms with Crippen LogP contribution in [0.4, 0.5) is 0 Å². The zero-order valence-electron chi connectivity index (χ0n) is 8.21. The van der Waals surface area contributed by atoms with Crippen LogP contribution in [0.2, 0.25) is 0 Å². The summed E-state index contributed by atoms with van der Waals surface area (Å²) >= 11 is 0. The van der Waals surface area contributed by atoms with Gasteiger partial charge in [-0.3, -0.25) is 0 Å². The molecule has 0 amide bonds. The molecule has 0 N–H and O–H groups in total. The normalized spacial score (nSPS) is 22.2. The van der Waals surface area contributed by atoms with Gasteiger partial charge in [-0.25, -0.2) is 4.79 Å². The Morgan fingerprint density at radius 3 is 2.77 bits per heavy atom. The molecule has 0 aromatic carbocycles. The lowest BCUT2D eigenvalue weighted by molar-refractivity contribution is -0.140. The van der Waals surface area contributed by atoms with Gasteiger partial charge in [0.2, 0.25) is 0 Å². The fourth-order valence-electron chi connectivity index (χ4n) is 1.12. The van der Waals surface area contributed by atoms with Gasteiger partial charge >= 0.3 is 5.97 Å². The summed E-state index contributed by atoms with van der Waals surface area (Å²) in [4.78, 5) is 11.0. The number of carbonyl (C=O) groups excluding carboxylic acids is 1. The number of ether oxygens (including phenoxy) is 2. The van der Waals surface area contributed by atoms with Crippen molar-refractivity contribution >= 4 is 5.97 Å². The van der Waals surface area contributed by atoms with Gasteiger partial charge in [0.15, 0.2) is 0 Å². The standard InChI is InChI=1S/C10H16O3/c1-4-8(9-6-12-9)5-13-10(11)7(2)3/h8-9H,2,4-6H2,1,3H3. The lowest BCUT2D eigenvalue weighted by Crippen LogP contribution is -2.18. The Balaban J connectivity index is 2.23. The fraction of sp³-hybridized carbons (Fsp3) is 0.700. The van der Waals surface area contributed by atoms with Crippen LogP contribution in [0.5, 0.6) is 0 Å². The number of esters is 1. The summed E-state index contributed by atoms with van der Waals surface area (Å²) in [5.74, 6) is 0.0439. The van der Waals surface area contributed by atoms with Crippen molar-refractivity contribution in [3.63, 3.8) is 0 Å². The van der Waals surface area contributed by atoms with Crippen molar-refractivity contribution in [2.45, 2.75) is 26.4 Å². The van der Waals surface area contributed by atoms with Gasteiger partial charge in [-0.15, -0.1) is 0 Å². The lowest BCUT2D eigenvalue weighted by Gasteiger charge is -2.11. The zero-order valence-corrected chi connectivity index (χ0v) is 8.21. The third-order valence-corrected chi connectivity index (χ3v) is 2.19. The summed E-state index contributed by atoms with van der Waals surface area (Å²) in [5, 5.41) is 0. The van der Waals surface area contributed by atoms with Crippen molar-refractivity contribution < 1.29 is 14.3 Å². The summed E-state index contributed by atoms with van der Waals surface area (Å²) in [7, 11) is 0. The summed E-state index contributed by atoms with van der Waals surface area (Å²) < 4.78 is 10.2. The van der Waals surface area contributed by atoms with Crippen LogP contribution in [-0.4, -0.2) is 25.3 Å². The molecule has 0 aliphatic carbocycles. The van der Waals surface area contributed by atoms with E-state index < -0.39 is 0 Å². The first kappa shape index (κ1) is 10.3. The van der Waals surface area contributed by atoms with E-state index in [1.54, 1.807) is 6.92 Å². The Hall–Kier alpha value is -0.830. The van der Waals surface area contributed by atoms with E-state index in [9.17, 15) is 4.79 Å². The summed E-state index contributed by atoms with van der Waals surface area (Å²) in [6.07, 6.45) is 1.29. The van der Waals surface area contributed by atoms with Crippen molar-refractivity contribution in [2.24, 2.45) is 5.92 Å². The molecule has 3 heteroatoms. The van der Waals surface area contributed by atoms with Gasteiger partial charge in [-0.2, -0.15) is 0 Å². The van der Waals surface area contributed by atoms with Crippen LogP contribution < -0.4 is 0 Å². The van der Waals surface area contributed by atoms with Gasteiger partial charge in [0, 0.05) is 11.5 Å². The first-order chi connectivity index (χ1) is 6.15. The molecule has 0 radical (unpaired) electrons. The molecule has 1 rings (SSSR count). The maximum absolute atomic E-state index is 11.0. The molecule has 2 unspecified atom stereocenters. The van der Waals surface area contributed by atoms with Gasteiger partial charge < -0.3 is 9.47 Å². The van der Waals surface area contributed by atoms with Crippen molar-refractivity contribution in [1.29, 1.82) is 0 Å². The smallest absolute Gasteiger partial charge is 0.333 e. The third-order valence-electron chi connectivity index (χ3n) is 2.19.